The lowest BCUT2D eigenvalue weighted by atomic mass is 10.1. The van der Waals surface area contributed by atoms with Crippen molar-refractivity contribution in [2.45, 2.75) is 51.4 Å². The van der Waals surface area contributed by atoms with E-state index in [1.165, 1.54) is 20.0 Å². The van der Waals surface area contributed by atoms with Gasteiger partial charge in [-0.25, -0.2) is 4.79 Å². The van der Waals surface area contributed by atoms with Crippen LogP contribution in [0.1, 0.15) is 25.3 Å². The molecule has 0 radical (unpaired) electrons. The molecule has 21 heavy (non-hydrogen) atoms. The van der Waals surface area contributed by atoms with Gasteiger partial charge in [0.1, 0.15) is 5.75 Å². The molecule has 1 aromatic carbocycles. The van der Waals surface area contributed by atoms with Gasteiger partial charge in [-0.15, -0.1) is 0 Å². The van der Waals surface area contributed by atoms with Gasteiger partial charge >= 0.3 is 5.97 Å². The highest BCUT2D eigenvalue weighted by Gasteiger charge is 2.23. The second kappa shape index (κ2) is 8.19. The number of carboxylic acids is 1. The average molecular weight is 310 g/mol. The maximum atomic E-state index is 10.9. The van der Waals surface area contributed by atoms with E-state index >= 15 is 0 Å². The van der Waals surface area contributed by atoms with Crippen LogP contribution < -0.4 is 4.43 Å². The molecular weight excluding hydrogens is 284 g/mol. The minimum Gasteiger partial charge on any atom is -0.544 e. The molecule has 5 heteroatoms. The van der Waals surface area contributed by atoms with Gasteiger partial charge in [0.2, 0.25) is 8.32 Å². The molecule has 0 aromatic heterocycles. The van der Waals surface area contributed by atoms with E-state index in [9.17, 15) is 4.79 Å². The fourth-order valence-corrected chi connectivity index (χ4v) is 4.23. The molecule has 0 bridgehead atoms. The third-order valence-electron chi connectivity index (χ3n) is 3.43. The fraction of sp³-hybridized carbons (Fsp3) is 0.562. The lowest BCUT2D eigenvalue weighted by Crippen LogP contribution is -2.33. The minimum absolute atomic E-state index is 0.364. The molecular formula is C16H26O4Si. The van der Waals surface area contributed by atoms with E-state index in [1.807, 2.05) is 24.3 Å². The van der Waals surface area contributed by atoms with Crippen molar-refractivity contribution in [1.29, 1.82) is 0 Å². The molecule has 0 fully saturated rings. The molecule has 0 unspecified atom stereocenters. The molecule has 0 amide bonds. The number of aliphatic carboxylic acids is 1. The lowest BCUT2D eigenvalue weighted by Gasteiger charge is -2.24. The average Bonchev–Trinajstić information content (AvgIpc) is 2.43. The first-order valence-electron chi connectivity index (χ1n) is 7.41. The molecule has 1 rings (SSSR count). The van der Waals surface area contributed by atoms with Crippen molar-refractivity contribution in [1.82, 2.24) is 0 Å². The number of carbonyl (C=O) groups is 1. The predicted molar refractivity (Wildman–Crippen MR) is 86.4 cm³/mol. The van der Waals surface area contributed by atoms with Gasteiger partial charge in [0.15, 0.2) is 6.10 Å². The van der Waals surface area contributed by atoms with Crippen molar-refractivity contribution < 1.29 is 19.1 Å². The van der Waals surface area contributed by atoms with Crippen LogP contribution in [0.5, 0.6) is 5.75 Å². The quantitative estimate of drug-likeness (QED) is 0.706. The Hall–Kier alpha value is -1.33. The molecule has 4 nitrogen and oxygen atoms in total. The molecule has 1 N–H and O–H groups in total. The molecule has 0 saturated heterocycles. The monoisotopic (exact) mass is 310 g/mol. The first-order valence-corrected chi connectivity index (χ1v) is 10.5. The van der Waals surface area contributed by atoms with Crippen LogP contribution in [0.3, 0.4) is 0 Å². The van der Waals surface area contributed by atoms with Crippen molar-refractivity contribution in [3.8, 4) is 5.75 Å². The van der Waals surface area contributed by atoms with Crippen LogP contribution in [-0.4, -0.2) is 32.6 Å². The Kier molecular flexibility index (Phi) is 6.91. The first-order chi connectivity index (χ1) is 9.88. The summed E-state index contributed by atoms with van der Waals surface area (Å²) in [6, 6.07) is 8.81. The second-order valence-corrected chi connectivity index (χ2v) is 10.1. The highest BCUT2D eigenvalue weighted by molar-refractivity contribution is 6.71. The molecule has 0 aliphatic carbocycles. The summed E-state index contributed by atoms with van der Waals surface area (Å²) in [4.78, 5) is 10.9. The van der Waals surface area contributed by atoms with E-state index in [2.05, 4.69) is 20.0 Å². The topological polar surface area (TPSA) is 55.8 Å². The number of methoxy groups -OCH3 is 1. The van der Waals surface area contributed by atoms with Gasteiger partial charge in [0.05, 0.1) is 0 Å². The number of benzene rings is 1. The van der Waals surface area contributed by atoms with Gasteiger partial charge < -0.3 is 14.3 Å². The van der Waals surface area contributed by atoms with E-state index in [1.54, 1.807) is 0 Å². The number of hydrogen-bond donors (Lipinski definition) is 1. The Morgan fingerprint density at radius 1 is 1.29 bits per heavy atom. The summed E-state index contributed by atoms with van der Waals surface area (Å²) in [5, 5.41) is 8.98. The molecule has 0 heterocycles. The highest BCUT2D eigenvalue weighted by Crippen LogP contribution is 2.21. The van der Waals surface area contributed by atoms with E-state index < -0.39 is 20.4 Å². The van der Waals surface area contributed by atoms with Crippen LogP contribution in [0.15, 0.2) is 24.3 Å². The predicted octanol–water partition coefficient (Wildman–Crippen LogP) is 3.71. The first kappa shape index (κ1) is 17.7. The van der Waals surface area contributed by atoms with Crippen molar-refractivity contribution in [3.05, 3.63) is 29.8 Å². The van der Waals surface area contributed by atoms with Crippen molar-refractivity contribution in [2.24, 2.45) is 0 Å². The van der Waals surface area contributed by atoms with Crippen LogP contribution in [0.25, 0.3) is 0 Å². The summed E-state index contributed by atoms with van der Waals surface area (Å²) < 4.78 is 11.1. The van der Waals surface area contributed by atoms with Gasteiger partial charge in [-0.1, -0.05) is 31.9 Å². The molecule has 1 aromatic rings. The van der Waals surface area contributed by atoms with Gasteiger partial charge in [-0.2, -0.15) is 0 Å². The Morgan fingerprint density at radius 2 is 1.90 bits per heavy atom. The Bertz CT molecular complexity index is 442. The SMILES string of the molecule is CCCC[Si](C)(C)Oc1ccc(C[C@H](OC)C(=O)O)cc1. The third kappa shape index (κ3) is 6.31. The summed E-state index contributed by atoms with van der Waals surface area (Å²) in [7, 11) is -0.243. The number of rotatable bonds is 9. The molecule has 0 aliphatic heterocycles. The van der Waals surface area contributed by atoms with Crippen LogP contribution in [0, 0.1) is 0 Å². The molecule has 118 valence electrons. The Morgan fingerprint density at radius 3 is 2.38 bits per heavy atom. The zero-order valence-electron chi connectivity index (χ0n) is 13.4. The normalized spacial score (nSPS) is 13.0. The van der Waals surface area contributed by atoms with E-state index in [0.29, 0.717) is 6.42 Å². The Labute approximate surface area is 128 Å². The van der Waals surface area contributed by atoms with Crippen LogP contribution >= 0.6 is 0 Å². The van der Waals surface area contributed by atoms with E-state index in [0.717, 1.165) is 17.4 Å². The minimum atomic E-state index is -1.66. The molecule has 1 atom stereocenters. The van der Waals surface area contributed by atoms with Gasteiger partial charge in [-0.3, -0.25) is 0 Å². The number of carboxylic acid groups (broad SMARTS) is 1. The number of unbranched alkanes of at least 4 members (excludes halogenated alkanes) is 1. The second-order valence-electron chi connectivity index (χ2n) is 5.88. The summed E-state index contributed by atoms with van der Waals surface area (Å²) in [5.74, 6) is -0.0678. The zero-order chi connectivity index (χ0) is 15.9. The molecule has 0 aliphatic rings. The Balaban J connectivity index is 2.63. The number of hydrogen-bond acceptors (Lipinski definition) is 3. The van der Waals surface area contributed by atoms with Crippen LogP contribution in [0.2, 0.25) is 19.1 Å². The van der Waals surface area contributed by atoms with E-state index in [-0.39, 0.29) is 0 Å². The van der Waals surface area contributed by atoms with Crippen molar-refractivity contribution in [3.63, 3.8) is 0 Å². The smallest absolute Gasteiger partial charge is 0.333 e. The highest BCUT2D eigenvalue weighted by atomic mass is 28.4. The van der Waals surface area contributed by atoms with Crippen LogP contribution in [-0.2, 0) is 16.0 Å². The summed E-state index contributed by atoms with van der Waals surface area (Å²) >= 11 is 0. The number of ether oxygens (including phenoxy) is 1. The third-order valence-corrected chi connectivity index (χ3v) is 5.78. The molecule has 0 saturated carbocycles. The maximum absolute atomic E-state index is 10.9. The van der Waals surface area contributed by atoms with Crippen molar-refractivity contribution >= 4 is 14.3 Å². The summed E-state index contributed by atoms with van der Waals surface area (Å²) in [5.41, 5.74) is 0.935. The van der Waals surface area contributed by atoms with Gasteiger partial charge in [0.25, 0.3) is 0 Å². The zero-order valence-corrected chi connectivity index (χ0v) is 14.4. The van der Waals surface area contributed by atoms with Gasteiger partial charge in [-0.05, 0) is 36.8 Å². The van der Waals surface area contributed by atoms with Crippen LogP contribution in [0.4, 0.5) is 0 Å². The summed E-state index contributed by atoms with van der Waals surface area (Å²) in [6.45, 7) is 6.64. The fourth-order valence-electron chi connectivity index (χ4n) is 2.15. The van der Waals surface area contributed by atoms with Crippen molar-refractivity contribution in [2.75, 3.05) is 7.11 Å². The standard InChI is InChI=1S/C16H26O4Si/c1-5-6-11-21(3,4)20-14-9-7-13(8-10-14)12-15(19-2)16(17)18/h7-10,15H,5-6,11-12H2,1-4H3,(H,17,18)/t15-/m0/s1. The van der Waals surface area contributed by atoms with E-state index in [4.69, 9.17) is 14.3 Å². The summed E-state index contributed by atoms with van der Waals surface area (Å²) in [6.07, 6.45) is 1.95. The van der Waals surface area contributed by atoms with Gasteiger partial charge in [0, 0.05) is 13.5 Å². The lowest BCUT2D eigenvalue weighted by molar-refractivity contribution is -0.148. The largest absolute Gasteiger partial charge is 0.544 e. The maximum Gasteiger partial charge on any atom is 0.333 e. The molecule has 0 spiro atoms.